The first-order valence-electron chi connectivity index (χ1n) is 7.97. The van der Waals surface area contributed by atoms with Gasteiger partial charge in [-0.25, -0.2) is 0 Å². The van der Waals surface area contributed by atoms with Gasteiger partial charge in [-0.05, 0) is 55.4 Å². The first-order chi connectivity index (χ1) is 10.6. The van der Waals surface area contributed by atoms with Crippen molar-refractivity contribution in [2.75, 3.05) is 20.3 Å². The number of nitrogens with two attached hydrogens (primary N) is 1. The van der Waals surface area contributed by atoms with Gasteiger partial charge in [0, 0.05) is 13.2 Å². The van der Waals surface area contributed by atoms with E-state index in [0.29, 0.717) is 26.1 Å². The maximum Gasteiger partial charge on any atom is 0.240 e. The summed E-state index contributed by atoms with van der Waals surface area (Å²) in [6, 6.07) is 6.13. The lowest BCUT2D eigenvalue weighted by molar-refractivity contribution is -0.130. The first-order valence-corrected chi connectivity index (χ1v) is 7.97. The monoisotopic (exact) mass is 340 g/mol. The van der Waals surface area contributed by atoms with E-state index in [0.717, 1.165) is 25.0 Å². The summed E-state index contributed by atoms with van der Waals surface area (Å²) >= 11 is 0. The Morgan fingerprint density at radius 2 is 2.13 bits per heavy atom. The molecule has 5 nitrogen and oxygen atoms in total. The molecule has 3 rings (SSSR count). The zero-order chi connectivity index (χ0) is 15.6. The van der Waals surface area contributed by atoms with E-state index in [2.05, 4.69) is 17.4 Å². The summed E-state index contributed by atoms with van der Waals surface area (Å²) in [5.74, 6) is 0.815. The Balaban J connectivity index is 0.00000192. The van der Waals surface area contributed by atoms with Gasteiger partial charge >= 0.3 is 0 Å². The first kappa shape index (κ1) is 18.0. The van der Waals surface area contributed by atoms with Crippen molar-refractivity contribution in [3.05, 3.63) is 29.3 Å². The second kappa shape index (κ2) is 7.51. The van der Waals surface area contributed by atoms with Crippen LogP contribution in [-0.4, -0.2) is 31.8 Å². The molecule has 1 aliphatic carbocycles. The van der Waals surface area contributed by atoms with E-state index in [1.165, 1.54) is 11.1 Å². The molecule has 3 N–H and O–H groups in total. The summed E-state index contributed by atoms with van der Waals surface area (Å²) in [7, 11) is 1.67. The molecule has 2 aliphatic rings. The molecule has 6 heteroatoms. The summed E-state index contributed by atoms with van der Waals surface area (Å²) in [4.78, 5) is 12.6. The van der Waals surface area contributed by atoms with Gasteiger partial charge in [-0.15, -0.1) is 12.4 Å². The number of hydrogen-bond donors (Lipinski definition) is 2. The lowest BCUT2D eigenvalue weighted by Crippen LogP contribution is -2.57. The molecule has 0 radical (unpaired) electrons. The fraction of sp³-hybridized carbons (Fsp3) is 0.588. The number of carbonyl (C=O) groups is 1. The number of halogens is 1. The zero-order valence-corrected chi connectivity index (χ0v) is 14.3. The van der Waals surface area contributed by atoms with E-state index in [1.807, 2.05) is 6.07 Å². The number of carbonyl (C=O) groups excluding carboxylic acids is 1. The van der Waals surface area contributed by atoms with Gasteiger partial charge in [0.2, 0.25) is 5.91 Å². The number of nitrogens with one attached hydrogen (secondary N) is 1. The van der Waals surface area contributed by atoms with Crippen LogP contribution in [0.4, 0.5) is 0 Å². The van der Waals surface area contributed by atoms with E-state index in [9.17, 15) is 4.79 Å². The van der Waals surface area contributed by atoms with Crippen molar-refractivity contribution in [2.45, 2.75) is 43.7 Å². The van der Waals surface area contributed by atoms with E-state index < -0.39 is 5.54 Å². The van der Waals surface area contributed by atoms with Crippen LogP contribution in [-0.2, 0) is 16.0 Å². The number of rotatable bonds is 3. The number of fused-ring (bicyclic) bond motifs is 1. The van der Waals surface area contributed by atoms with Crippen molar-refractivity contribution in [3.63, 3.8) is 0 Å². The highest BCUT2D eigenvalue weighted by atomic mass is 35.5. The van der Waals surface area contributed by atoms with Crippen LogP contribution >= 0.6 is 12.4 Å². The van der Waals surface area contributed by atoms with Crippen LogP contribution < -0.4 is 15.8 Å². The molecule has 1 unspecified atom stereocenters. The van der Waals surface area contributed by atoms with Gasteiger partial charge in [0.25, 0.3) is 0 Å². The number of hydrogen-bond acceptors (Lipinski definition) is 4. The standard InChI is InChI=1S/C17H24N2O3.ClH/c1-21-13-5-6-14-12(11-13)3-2-4-15(14)19-16(20)17(18)7-9-22-10-8-17;/h5-6,11,15H,2-4,7-10,18H2,1H3,(H,19,20);1H. The summed E-state index contributed by atoms with van der Waals surface area (Å²) in [5, 5.41) is 3.16. The molecule has 0 aromatic heterocycles. The number of amides is 1. The summed E-state index contributed by atoms with van der Waals surface area (Å²) in [6.45, 7) is 1.12. The van der Waals surface area contributed by atoms with Crippen LogP contribution in [0.2, 0.25) is 0 Å². The van der Waals surface area contributed by atoms with Crippen LogP contribution in [0.3, 0.4) is 0 Å². The Bertz CT molecular complexity index is 559. The molecule has 0 bridgehead atoms. The molecular formula is C17H25ClN2O3. The van der Waals surface area contributed by atoms with Crippen molar-refractivity contribution < 1.29 is 14.3 Å². The molecule has 1 fully saturated rings. The normalized spacial score (nSPS) is 22.4. The quantitative estimate of drug-likeness (QED) is 0.884. The largest absolute Gasteiger partial charge is 0.497 e. The molecule has 1 atom stereocenters. The third-order valence-corrected chi connectivity index (χ3v) is 4.81. The van der Waals surface area contributed by atoms with Crippen LogP contribution in [0.25, 0.3) is 0 Å². The Hall–Kier alpha value is -1.30. The topological polar surface area (TPSA) is 73.6 Å². The highest BCUT2D eigenvalue weighted by Crippen LogP contribution is 2.33. The Morgan fingerprint density at radius 1 is 1.39 bits per heavy atom. The third kappa shape index (κ3) is 3.79. The van der Waals surface area contributed by atoms with Gasteiger partial charge in [-0.2, -0.15) is 0 Å². The lowest BCUT2D eigenvalue weighted by atomic mass is 9.85. The minimum Gasteiger partial charge on any atom is -0.497 e. The number of methoxy groups -OCH3 is 1. The smallest absolute Gasteiger partial charge is 0.240 e. The minimum absolute atomic E-state index is 0. The van der Waals surface area contributed by atoms with Crippen LogP contribution in [0.5, 0.6) is 5.75 Å². The van der Waals surface area contributed by atoms with Gasteiger partial charge in [0.15, 0.2) is 0 Å². The number of benzene rings is 1. The van der Waals surface area contributed by atoms with Gasteiger partial charge in [0.1, 0.15) is 5.75 Å². The highest BCUT2D eigenvalue weighted by Gasteiger charge is 2.37. The van der Waals surface area contributed by atoms with Crippen molar-refractivity contribution in [1.29, 1.82) is 0 Å². The lowest BCUT2D eigenvalue weighted by Gasteiger charge is -2.35. The molecule has 0 spiro atoms. The molecule has 128 valence electrons. The SMILES string of the molecule is COc1ccc2c(c1)CCCC2NC(=O)C1(N)CCOCC1.Cl. The maximum atomic E-state index is 12.6. The van der Waals surface area contributed by atoms with E-state index >= 15 is 0 Å². The van der Waals surface area contributed by atoms with Crippen LogP contribution in [0.1, 0.15) is 42.9 Å². The molecule has 1 amide bonds. The van der Waals surface area contributed by atoms with E-state index in [4.69, 9.17) is 15.2 Å². The van der Waals surface area contributed by atoms with Crippen molar-refractivity contribution in [3.8, 4) is 5.75 Å². The third-order valence-electron chi connectivity index (χ3n) is 4.81. The second-order valence-corrected chi connectivity index (χ2v) is 6.25. The van der Waals surface area contributed by atoms with Crippen LogP contribution in [0, 0.1) is 0 Å². The molecule has 1 aromatic carbocycles. The molecule has 1 aromatic rings. The molecule has 0 saturated carbocycles. The summed E-state index contributed by atoms with van der Waals surface area (Å²) in [6.07, 6.45) is 4.21. The van der Waals surface area contributed by atoms with Gasteiger partial charge in [-0.3, -0.25) is 4.79 Å². The fourth-order valence-electron chi connectivity index (χ4n) is 3.33. The van der Waals surface area contributed by atoms with Crippen molar-refractivity contribution in [1.82, 2.24) is 5.32 Å². The number of aryl methyl sites for hydroxylation is 1. The predicted octanol–water partition coefficient (Wildman–Crippen LogP) is 2.12. The number of ether oxygens (including phenoxy) is 2. The average molecular weight is 341 g/mol. The summed E-state index contributed by atoms with van der Waals surface area (Å²) in [5.41, 5.74) is 7.93. The zero-order valence-electron chi connectivity index (χ0n) is 13.5. The van der Waals surface area contributed by atoms with E-state index in [-0.39, 0.29) is 24.4 Å². The van der Waals surface area contributed by atoms with Gasteiger partial charge in [0.05, 0.1) is 18.7 Å². The van der Waals surface area contributed by atoms with Crippen molar-refractivity contribution in [2.24, 2.45) is 5.73 Å². The second-order valence-electron chi connectivity index (χ2n) is 6.25. The fourth-order valence-corrected chi connectivity index (χ4v) is 3.33. The molecular weight excluding hydrogens is 316 g/mol. The Kier molecular flexibility index (Phi) is 5.89. The minimum atomic E-state index is -0.789. The molecule has 23 heavy (non-hydrogen) atoms. The highest BCUT2D eigenvalue weighted by molar-refractivity contribution is 5.86. The molecule has 1 aliphatic heterocycles. The molecule has 1 heterocycles. The van der Waals surface area contributed by atoms with E-state index in [1.54, 1.807) is 7.11 Å². The Morgan fingerprint density at radius 3 is 2.83 bits per heavy atom. The molecule has 1 saturated heterocycles. The average Bonchev–Trinajstić information content (AvgIpc) is 2.55. The predicted molar refractivity (Wildman–Crippen MR) is 91.0 cm³/mol. The maximum absolute atomic E-state index is 12.6. The van der Waals surface area contributed by atoms with Gasteiger partial charge in [-0.1, -0.05) is 6.07 Å². The van der Waals surface area contributed by atoms with Gasteiger partial charge < -0.3 is 20.5 Å². The van der Waals surface area contributed by atoms with Crippen LogP contribution in [0.15, 0.2) is 18.2 Å². The Labute approximate surface area is 143 Å². The van der Waals surface area contributed by atoms with Crippen molar-refractivity contribution >= 4 is 18.3 Å². The summed E-state index contributed by atoms with van der Waals surface area (Å²) < 4.78 is 10.6.